The summed E-state index contributed by atoms with van der Waals surface area (Å²) in [4.78, 5) is 3.91. The normalized spacial score (nSPS) is 14.4. The number of aliphatic hydroxyl groups excluding tert-OH is 1. The van der Waals surface area contributed by atoms with Crippen molar-refractivity contribution in [2.45, 2.75) is 17.8 Å². The lowest BCUT2D eigenvalue weighted by Gasteiger charge is -2.10. The summed E-state index contributed by atoms with van der Waals surface area (Å²) in [6.07, 6.45) is 2.31. The number of benzene rings is 1. The molecule has 18 heavy (non-hydrogen) atoms. The molecule has 0 aliphatic carbocycles. The van der Waals surface area contributed by atoms with E-state index in [2.05, 4.69) is 26.0 Å². The molecule has 1 heterocycles. The fourth-order valence-electron chi connectivity index (χ4n) is 1.49. The summed E-state index contributed by atoms with van der Waals surface area (Å²) in [5, 5.41) is 14.4. The second kappa shape index (κ2) is 5.73. The van der Waals surface area contributed by atoms with Crippen LogP contribution in [-0.4, -0.2) is 30.3 Å². The maximum Gasteiger partial charge on any atom is 0.238 e. The van der Waals surface area contributed by atoms with Gasteiger partial charge in [0.1, 0.15) is 6.33 Å². The minimum Gasteiger partial charge on any atom is -0.386 e. The first kappa shape index (κ1) is 13.4. The molecule has 0 bridgehead atoms. The van der Waals surface area contributed by atoms with Crippen LogP contribution in [0.2, 0.25) is 0 Å². The quantitative estimate of drug-likeness (QED) is 0.923. The first-order valence-corrected chi connectivity index (χ1v) is 7.58. The van der Waals surface area contributed by atoms with Crippen molar-refractivity contribution in [1.29, 1.82) is 0 Å². The zero-order valence-corrected chi connectivity index (χ0v) is 12.1. The van der Waals surface area contributed by atoms with E-state index in [9.17, 15) is 9.32 Å². The fraction of sp³-hybridized carbons (Fsp3) is 0.273. The van der Waals surface area contributed by atoms with Crippen LogP contribution in [0.3, 0.4) is 0 Å². The summed E-state index contributed by atoms with van der Waals surface area (Å²) in [6.45, 7) is 0.278. The summed E-state index contributed by atoms with van der Waals surface area (Å²) in [6, 6.07) is 7.44. The van der Waals surface area contributed by atoms with Crippen LogP contribution >= 0.6 is 15.9 Å². The number of hydrogen-bond donors (Lipinski definition) is 1. The first-order valence-electron chi connectivity index (χ1n) is 5.22. The van der Waals surface area contributed by atoms with Crippen LogP contribution in [0.25, 0.3) is 0 Å². The predicted molar refractivity (Wildman–Crippen MR) is 71.5 cm³/mol. The molecule has 2 atom stereocenters. The van der Waals surface area contributed by atoms with E-state index in [0.717, 1.165) is 10.0 Å². The lowest BCUT2D eigenvalue weighted by Crippen LogP contribution is -2.09. The minimum absolute atomic E-state index is 0.274. The molecule has 0 amide bonds. The van der Waals surface area contributed by atoms with Crippen LogP contribution in [0.1, 0.15) is 11.7 Å². The van der Waals surface area contributed by atoms with Gasteiger partial charge in [0, 0.05) is 10.7 Å². The molecule has 1 N–H and O–H groups in total. The van der Waals surface area contributed by atoms with E-state index in [0.29, 0.717) is 0 Å². The van der Waals surface area contributed by atoms with Crippen LogP contribution in [-0.2, 0) is 17.3 Å². The van der Waals surface area contributed by atoms with E-state index >= 15 is 0 Å². The zero-order valence-electron chi connectivity index (χ0n) is 9.65. The monoisotopic (exact) mass is 329 g/mol. The SMILES string of the molecule is CS(=O)c1ncn(CC(O)c2cccc(Br)c2)n1. The van der Waals surface area contributed by atoms with Gasteiger partial charge in [0.05, 0.1) is 23.4 Å². The van der Waals surface area contributed by atoms with E-state index in [4.69, 9.17) is 0 Å². The van der Waals surface area contributed by atoms with Gasteiger partial charge in [-0.2, -0.15) is 0 Å². The Balaban J connectivity index is 2.11. The molecule has 0 saturated heterocycles. The molecular weight excluding hydrogens is 318 g/mol. The molecular formula is C11H12BrN3O2S. The summed E-state index contributed by atoms with van der Waals surface area (Å²) in [5.74, 6) is 0. The summed E-state index contributed by atoms with van der Waals surface area (Å²) in [7, 11) is -1.20. The molecule has 0 spiro atoms. The Hall–Kier alpha value is -1.05. The maximum absolute atomic E-state index is 11.2. The molecule has 0 aliphatic heterocycles. The van der Waals surface area contributed by atoms with Crippen LogP contribution in [0, 0.1) is 0 Å². The van der Waals surface area contributed by atoms with Gasteiger partial charge in [-0.05, 0) is 17.7 Å². The van der Waals surface area contributed by atoms with Crippen molar-refractivity contribution < 1.29 is 9.32 Å². The van der Waals surface area contributed by atoms with Crippen molar-refractivity contribution in [3.05, 3.63) is 40.6 Å². The van der Waals surface area contributed by atoms with E-state index in [1.54, 1.807) is 0 Å². The molecule has 0 aliphatic rings. The lowest BCUT2D eigenvalue weighted by atomic mass is 10.1. The van der Waals surface area contributed by atoms with E-state index < -0.39 is 16.9 Å². The molecule has 0 radical (unpaired) electrons. The smallest absolute Gasteiger partial charge is 0.238 e. The van der Waals surface area contributed by atoms with E-state index in [1.165, 1.54) is 17.3 Å². The highest BCUT2D eigenvalue weighted by atomic mass is 79.9. The van der Waals surface area contributed by atoms with Crippen LogP contribution in [0.15, 0.2) is 40.2 Å². The third-order valence-corrected chi connectivity index (χ3v) is 3.56. The average molecular weight is 330 g/mol. The van der Waals surface area contributed by atoms with Crippen LogP contribution in [0.5, 0.6) is 0 Å². The molecule has 0 saturated carbocycles. The largest absolute Gasteiger partial charge is 0.386 e. The number of aromatic nitrogens is 3. The molecule has 7 heteroatoms. The molecule has 1 aromatic carbocycles. The fourth-order valence-corrected chi connectivity index (χ4v) is 2.33. The van der Waals surface area contributed by atoms with Gasteiger partial charge in [-0.3, -0.25) is 4.21 Å². The van der Waals surface area contributed by atoms with Gasteiger partial charge >= 0.3 is 0 Å². The number of hydrogen-bond acceptors (Lipinski definition) is 4. The Morgan fingerprint density at radius 3 is 2.94 bits per heavy atom. The van der Waals surface area contributed by atoms with Crippen molar-refractivity contribution in [2.75, 3.05) is 6.26 Å². The highest BCUT2D eigenvalue weighted by molar-refractivity contribution is 9.10. The van der Waals surface area contributed by atoms with Gasteiger partial charge in [0.2, 0.25) is 5.16 Å². The Kier molecular flexibility index (Phi) is 4.26. The third kappa shape index (κ3) is 3.24. The number of aliphatic hydroxyl groups is 1. The second-order valence-corrected chi connectivity index (χ2v) is 5.96. The highest BCUT2D eigenvalue weighted by Gasteiger charge is 2.11. The lowest BCUT2D eigenvalue weighted by molar-refractivity contribution is 0.151. The van der Waals surface area contributed by atoms with Crippen molar-refractivity contribution >= 4 is 26.7 Å². The molecule has 2 rings (SSSR count). The molecule has 2 aromatic rings. The Bertz CT molecular complexity index is 573. The van der Waals surface area contributed by atoms with Crippen molar-refractivity contribution in [1.82, 2.24) is 14.8 Å². The van der Waals surface area contributed by atoms with Crippen molar-refractivity contribution in [3.8, 4) is 0 Å². The predicted octanol–water partition coefficient (Wildman–Crippen LogP) is 1.51. The van der Waals surface area contributed by atoms with Gasteiger partial charge in [-0.25, -0.2) is 9.67 Å². The topological polar surface area (TPSA) is 68.0 Å². The van der Waals surface area contributed by atoms with E-state index in [1.807, 2.05) is 24.3 Å². The molecule has 5 nitrogen and oxygen atoms in total. The molecule has 2 unspecified atom stereocenters. The van der Waals surface area contributed by atoms with E-state index in [-0.39, 0.29) is 11.7 Å². The van der Waals surface area contributed by atoms with Crippen LogP contribution < -0.4 is 0 Å². The number of halogens is 1. The number of rotatable bonds is 4. The van der Waals surface area contributed by atoms with Gasteiger partial charge in [0.15, 0.2) is 0 Å². The molecule has 96 valence electrons. The van der Waals surface area contributed by atoms with Crippen molar-refractivity contribution in [3.63, 3.8) is 0 Å². The minimum atomic E-state index is -1.20. The van der Waals surface area contributed by atoms with Crippen LogP contribution in [0.4, 0.5) is 0 Å². The molecule has 1 aromatic heterocycles. The summed E-state index contributed by atoms with van der Waals surface area (Å²) < 4.78 is 13.6. The second-order valence-electron chi connectivity index (χ2n) is 3.77. The van der Waals surface area contributed by atoms with Crippen molar-refractivity contribution in [2.24, 2.45) is 0 Å². The average Bonchev–Trinajstić information content (AvgIpc) is 2.77. The van der Waals surface area contributed by atoms with Gasteiger partial charge in [-0.15, -0.1) is 5.10 Å². The summed E-state index contributed by atoms with van der Waals surface area (Å²) >= 11 is 3.35. The molecule has 0 fully saturated rings. The Morgan fingerprint density at radius 2 is 2.33 bits per heavy atom. The first-order chi connectivity index (χ1) is 8.56. The van der Waals surface area contributed by atoms with Gasteiger partial charge in [-0.1, -0.05) is 28.1 Å². The Labute approximate surface area is 115 Å². The standard InChI is InChI=1S/C11H12BrN3O2S/c1-18(17)11-13-7-15(14-11)6-10(16)8-3-2-4-9(12)5-8/h2-5,7,10,16H,6H2,1H3. The highest BCUT2D eigenvalue weighted by Crippen LogP contribution is 2.19. The zero-order chi connectivity index (χ0) is 13.1. The third-order valence-electron chi connectivity index (χ3n) is 2.37. The van der Waals surface area contributed by atoms with Gasteiger partial charge in [0.25, 0.3) is 0 Å². The summed E-state index contributed by atoms with van der Waals surface area (Å²) in [5.41, 5.74) is 0.791. The maximum atomic E-state index is 11.2. The van der Waals surface area contributed by atoms with Gasteiger partial charge < -0.3 is 5.11 Å². The Morgan fingerprint density at radius 1 is 1.56 bits per heavy atom. The number of nitrogens with zero attached hydrogens (tertiary/aromatic N) is 3.